The lowest BCUT2D eigenvalue weighted by atomic mass is 10.2. The average molecular weight is 218 g/mol. The summed E-state index contributed by atoms with van der Waals surface area (Å²) in [6.07, 6.45) is 2.31. The fraction of sp³-hybridized carbons (Fsp3) is 0.182. The minimum absolute atomic E-state index is 0.0986. The first-order valence-corrected chi connectivity index (χ1v) is 4.52. The van der Waals surface area contributed by atoms with E-state index in [-0.39, 0.29) is 6.61 Å². The highest BCUT2D eigenvalue weighted by Crippen LogP contribution is 2.18. The molecule has 0 aliphatic carbocycles. The van der Waals surface area contributed by atoms with E-state index in [0.717, 1.165) is 11.8 Å². The summed E-state index contributed by atoms with van der Waals surface area (Å²) in [7, 11) is 0. The van der Waals surface area contributed by atoms with Gasteiger partial charge in [-0.1, -0.05) is 0 Å². The van der Waals surface area contributed by atoms with Crippen LogP contribution in [0.15, 0.2) is 18.2 Å². The molecule has 1 aromatic heterocycles. The topological polar surface area (TPSA) is 83.2 Å². The van der Waals surface area contributed by atoms with E-state index in [1.165, 1.54) is 6.08 Å². The molecule has 1 heterocycles. The van der Waals surface area contributed by atoms with Crippen LogP contribution in [-0.4, -0.2) is 22.7 Å². The van der Waals surface area contributed by atoms with Crippen molar-refractivity contribution in [1.29, 1.82) is 5.26 Å². The Labute approximate surface area is 92.6 Å². The minimum Gasteiger partial charge on any atom is -0.478 e. The number of carboxylic acids is 1. The molecule has 0 fully saturated rings. The van der Waals surface area contributed by atoms with Gasteiger partial charge in [0.15, 0.2) is 6.61 Å². The lowest BCUT2D eigenvalue weighted by Gasteiger charge is -2.05. The number of aliphatic carboxylic acids is 1. The maximum atomic E-state index is 10.4. The van der Waals surface area contributed by atoms with Crippen LogP contribution in [0.3, 0.4) is 0 Å². The molecule has 0 atom stereocenters. The lowest BCUT2D eigenvalue weighted by molar-refractivity contribution is -0.131. The molecule has 0 amide bonds. The standard InChI is InChI=1S/C11H10N2O3/c1-8-2-4-10(16-7-6-12)9(13-8)3-5-11(14)15/h2-5H,7H2,1H3,(H,14,15). The van der Waals surface area contributed by atoms with Crippen LogP contribution in [0.4, 0.5) is 0 Å². The largest absolute Gasteiger partial charge is 0.478 e. The van der Waals surface area contributed by atoms with E-state index in [4.69, 9.17) is 15.1 Å². The molecule has 5 nitrogen and oxygen atoms in total. The first-order valence-electron chi connectivity index (χ1n) is 4.52. The van der Waals surface area contributed by atoms with Gasteiger partial charge in [0.25, 0.3) is 0 Å². The van der Waals surface area contributed by atoms with Crippen molar-refractivity contribution in [3.8, 4) is 11.8 Å². The molecule has 1 rings (SSSR count). The number of nitrogens with zero attached hydrogens (tertiary/aromatic N) is 2. The fourth-order valence-electron chi connectivity index (χ4n) is 1.07. The zero-order chi connectivity index (χ0) is 12.0. The zero-order valence-corrected chi connectivity index (χ0v) is 8.67. The van der Waals surface area contributed by atoms with Crippen LogP contribution in [0.25, 0.3) is 6.08 Å². The molecule has 0 aromatic carbocycles. The van der Waals surface area contributed by atoms with Gasteiger partial charge < -0.3 is 9.84 Å². The average Bonchev–Trinajstić information content (AvgIpc) is 2.25. The second-order valence-corrected chi connectivity index (χ2v) is 2.95. The van der Waals surface area contributed by atoms with Crippen LogP contribution in [0.1, 0.15) is 11.4 Å². The number of rotatable bonds is 4. The van der Waals surface area contributed by atoms with Gasteiger partial charge in [-0.25, -0.2) is 9.78 Å². The predicted octanol–water partition coefficient (Wildman–Crippen LogP) is 1.39. The summed E-state index contributed by atoms with van der Waals surface area (Å²) in [6, 6.07) is 5.21. The summed E-state index contributed by atoms with van der Waals surface area (Å²) >= 11 is 0. The Hall–Kier alpha value is -2.35. The van der Waals surface area contributed by atoms with Crippen molar-refractivity contribution in [2.24, 2.45) is 0 Å². The predicted molar refractivity (Wildman–Crippen MR) is 56.8 cm³/mol. The van der Waals surface area contributed by atoms with Crippen molar-refractivity contribution in [3.63, 3.8) is 0 Å². The molecule has 0 aliphatic heterocycles. The van der Waals surface area contributed by atoms with Crippen LogP contribution in [0, 0.1) is 18.3 Å². The Balaban J connectivity index is 2.99. The molecular weight excluding hydrogens is 208 g/mol. The van der Waals surface area contributed by atoms with Crippen LogP contribution in [0.5, 0.6) is 5.75 Å². The quantitative estimate of drug-likeness (QED) is 0.772. The first kappa shape index (κ1) is 11.7. The maximum absolute atomic E-state index is 10.4. The summed E-state index contributed by atoms with van der Waals surface area (Å²) in [5.74, 6) is -0.667. The summed E-state index contributed by atoms with van der Waals surface area (Å²) in [5.41, 5.74) is 1.15. The van der Waals surface area contributed by atoms with Gasteiger partial charge in [0.05, 0.1) is 0 Å². The van der Waals surface area contributed by atoms with Gasteiger partial charge in [-0.3, -0.25) is 0 Å². The van der Waals surface area contributed by atoms with E-state index in [1.807, 2.05) is 6.07 Å². The fourth-order valence-corrected chi connectivity index (χ4v) is 1.07. The summed E-state index contributed by atoms with van der Waals surface area (Å²) in [5, 5.41) is 16.9. The Morgan fingerprint density at radius 2 is 2.44 bits per heavy atom. The van der Waals surface area contributed by atoms with E-state index in [0.29, 0.717) is 11.4 Å². The molecule has 0 bridgehead atoms. The number of carboxylic acid groups (broad SMARTS) is 1. The highest BCUT2D eigenvalue weighted by atomic mass is 16.5. The number of pyridine rings is 1. The van der Waals surface area contributed by atoms with E-state index in [2.05, 4.69) is 4.98 Å². The van der Waals surface area contributed by atoms with Crippen molar-refractivity contribution in [3.05, 3.63) is 29.6 Å². The van der Waals surface area contributed by atoms with Gasteiger partial charge in [0.1, 0.15) is 17.5 Å². The molecule has 82 valence electrons. The van der Waals surface area contributed by atoms with Crippen LogP contribution in [0.2, 0.25) is 0 Å². The van der Waals surface area contributed by atoms with Crippen molar-refractivity contribution in [1.82, 2.24) is 4.98 Å². The molecule has 0 saturated heterocycles. The number of nitriles is 1. The van der Waals surface area contributed by atoms with E-state index in [1.54, 1.807) is 19.1 Å². The second-order valence-electron chi connectivity index (χ2n) is 2.95. The monoisotopic (exact) mass is 218 g/mol. The molecule has 0 spiro atoms. The van der Waals surface area contributed by atoms with Gasteiger partial charge in [-0.15, -0.1) is 0 Å². The molecular formula is C11H10N2O3. The number of aryl methyl sites for hydroxylation is 1. The Kier molecular flexibility index (Phi) is 4.04. The van der Waals surface area contributed by atoms with Crippen LogP contribution < -0.4 is 4.74 Å². The number of hydrogen-bond donors (Lipinski definition) is 1. The van der Waals surface area contributed by atoms with Crippen LogP contribution in [-0.2, 0) is 4.79 Å². The van der Waals surface area contributed by atoms with Gasteiger partial charge in [0.2, 0.25) is 0 Å². The van der Waals surface area contributed by atoms with Crippen molar-refractivity contribution < 1.29 is 14.6 Å². The molecule has 0 radical (unpaired) electrons. The second kappa shape index (κ2) is 5.51. The number of aromatic nitrogens is 1. The first-order chi connectivity index (χ1) is 7.63. The molecule has 5 heteroatoms. The third kappa shape index (κ3) is 3.42. The summed E-state index contributed by atoms with van der Waals surface area (Å²) < 4.78 is 5.11. The highest BCUT2D eigenvalue weighted by Gasteiger charge is 2.03. The van der Waals surface area contributed by atoms with Crippen molar-refractivity contribution in [2.75, 3.05) is 6.61 Å². The third-order valence-corrected chi connectivity index (χ3v) is 1.70. The lowest BCUT2D eigenvalue weighted by Crippen LogP contribution is -1.98. The van der Waals surface area contributed by atoms with E-state index >= 15 is 0 Å². The Bertz CT molecular complexity index is 461. The van der Waals surface area contributed by atoms with E-state index < -0.39 is 5.97 Å². The highest BCUT2D eigenvalue weighted by molar-refractivity contribution is 5.85. The molecule has 0 saturated carbocycles. The molecule has 0 aliphatic rings. The Morgan fingerprint density at radius 3 is 3.06 bits per heavy atom. The van der Waals surface area contributed by atoms with Crippen molar-refractivity contribution >= 4 is 12.0 Å². The zero-order valence-electron chi connectivity index (χ0n) is 8.67. The smallest absolute Gasteiger partial charge is 0.328 e. The van der Waals surface area contributed by atoms with Gasteiger partial charge in [-0.2, -0.15) is 5.26 Å². The molecule has 1 aromatic rings. The number of hydrogen-bond acceptors (Lipinski definition) is 4. The number of ether oxygens (including phenoxy) is 1. The summed E-state index contributed by atoms with van der Waals surface area (Å²) in [4.78, 5) is 14.5. The van der Waals surface area contributed by atoms with Crippen molar-refractivity contribution in [2.45, 2.75) is 6.92 Å². The van der Waals surface area contributed by atoms with Gasteiger partial charge in [0, 0.05) is 11.8 Å². The SMILES string of the molecule is Cc1ccc(OCC#N)c(C=CC(=O)O)n1. The van der Waals surface area contributed by atoms with Gasteiger partial charge >= 0.3 is 5.97 Å². The normalized spacial score (nSPS) is 10.0. The minimum atomic E-state index is -1.06. The van der Waals surface area contributed by atoms with E-state index in [9.17, 15) is 4.79 Å². The Morgan fingerprint density at radius 1 is 1.69 bits per heavy atom. The molecule has 0 unspecified atom stereocenters. The maximum Gasteiger partial charge on any atom is 0.328 e. The third-order valence-electron chi connectivity index (χ3n) is 1.70. The van der Waals surface area contributed by atoms with Crippen LogP contribution >= 0.6 is 0 Å². The summed E-state index contributed by atoms with van der Waals surface area (Å²) in [6.45, 7) is 1.69. The molecule has 16 heavy (non-hydrogen) atoms. The van der Waals surface area contributed by atoms with Gasteiger partial charge in [-0.05, 0) is 25.1 Å². The molecule has 1 N–H and O–H groups in total. The number of carbonyl (C=O) groups is 1.